The maximum absolute atomic E-state index is 14.0. The van der Waals surface area contributed by atoms with Crippen LogP contribution in [-0.2, 0) is 19.7 Å². The first-order valence-electron chi connectivity index (χ1n) is 16.8. The number of hydrogen-bond acceptors (Lipinski definition) is 6. The van der Waals surface area contributed by atoms with E-state index in [1.54, 1.807) is 48.5 Å². The quantitative estimate of drug-likeness (QED) is 0.0340. The molecule has 0 unspecified atom stereocenters. The van der Waals surface area contributed by atoms with Crippen molar-refractivity contribution < 1.29 is 31.1 Å². The molecular weight excluding hydrogens is 633 g/mol. The Morgan fingerprint density at radius 2 is 0.894 bits per heavy atom. The molecule has 0 spiro atoms. The van der Waals surface area contributed by atoms with E-state index in [1.807, 2.05) is 0 Å². The molecule has 0 saturated heterocycles. The zero-order valence-electron chi connectivity index (χ0n) is 27.5. The third kappa shape index (κ3) is 8.80. The van der Waals surface area contributed by atoms with Crippen molar-refractivity contribution in [2.45, 2.75) is 101 Å². The first-order chi connectivity index (χ1) is 22.8. The van der Waals surface area contributed by atoms with E-state index < -0.39 is 24.1 Å². The van der Waals surface area contributed by atoms with E-state index in [-0.39, 0.29) is 20.6 Å². The summed E-state index contributed by atoms with van der Waals surface area (Å²) < 4.78 is 66.8. The Kier molecular flexibility index (Phi) is 13.4. The van der Waals surface area contributed by atoms with Crippen LogP contribution in [0.2, 0.25) is 0 Å². The average molecular weight is 679 g/mol. The maximum atomic E-state index is 14.0. The third-order valence-corrected chi connectivity index (χ3v) is 12.6. The highest BCUT2D eigenvalue weighted by Crippen LogP contribution is 2.36. The third-order valence-electron chi connectivity index (χ3n) is 8.32. The molecule has 252 valence electrons. The fourth-order valence-corrected chi connectivity index (χ4v) is 9.49. The summed E-state index contributed by atoms with van der Waals surface area (Å²) in [6.07, 6.45) is 13.3. The minimum atomic E-state index is -4.82. The van der Waals surface area contributed by atoms with E-state index in [4.69, 9.17) is 9.47 Å². The molecule has 0 aliphatic heterocycles. The number of fused-ring (bicyclic) bond motifs is 2. The number of hydrogen-bond donors (Lipinski definition) is 0. The van der Waals surface area contributed by atoms with Crippen LogP contribution in [0.3, 0.4) is 0 Å². The van der Waals surface area contributed by atoms with E-state index in [1.165, 1.54) is 62.8 Å². The standard InChI is InChI=1S/C37H46N2O6S2/c1-3-5-7-9-11-17-27-44-33-23-25-35(31-21-15-13-19-29(31)33)46(40,41)37(39-38)47(42,43)36-26-24-34(30-20-14-16-22-32(30)36)45-28-18-12-10-8-6-4-2/h13-16,19-26H,3-12,17-18,27-28H2,1-2H3. The lowest BCUT2D eigenvalue weighted by Crippen LogP contribution is -2.26. The number of rotatable bonds is 18. The molecule has 4 rings (SSSR count). The highest BCUT2D eigenvalue weighted by molar-refractivity contribution is 8.31. The molecule has 0 amide bonds. The van der Waals surface area contributed by atoms with Crippen molar-refractivity contribution in [3.63, 3.8) is 0 Å². The van der Waals surface area contributed by atoms with Gasteiger partial charge in [-0.3, -0.25) is 0 Å². The molecule has 8 nitrogen and oxygen atoms in total. The van der Waals surface area contributed by atoms with Crippen molar-refractivity contribution >= 4 is 45.6 Å². The number of sulfone groups is 2. The Morgan fingerprint density at radius 1 is 0.532 bits per heavy atom. The van der Waals surface area contributed by atoms with E-state index in [9.17, 15) is 22.4 Å². The van der Waals surface area contributed by atoms with Crippen LogP contribution in [0.1, 0.15) is 90.9 Å². The molecule has 4 aromatic carbocycles. The lowest BCUT2D eigenvalue weighted by Gasteiger charge is -2.13. The van der Waals surface area contributed by atoms with Crippen LogP contribution < -0.4 is 9.47 Å². The van der Waals surface area contributed by atoms with E-state index in [0.717, 1.165) is 38.5 Å². The number of ether oxygens (including phenoxy) is 2. The predicted molar refractivity (Wildman–Crippen MR) is 189 cm³/mol. The lowest BCUT2D eigenvalue weighted by atomic mass is 10.1. The van der Waals surface area contributed by atoms with Gasteiger partial charge in [0.15, 0.2) is 0 Å². The van der Waals surface area contributed by atoms with Gasteiger partial charge in [0, 0.05) is 21.5 Å². The van der Waals surface area contributed by atoms with Gasteiger partial charge in [0.25, 0.3) is 19.7 Å². The molecule has 0 atom stereocenters. The predicted octanol–water partition coefficient (Wildman–Crippen LogP) is 9.31. The molecule has 0 aliphatic rings. The van der Waals surface area contributed by atoms with Crippen LogP contribution >= 0.6 is 0 Å². The van der Waals surface area contributed by atoms with Gasteiger partial charge in [-0.25, -0.2) is 16.8 Å². The van der Waals surface area contributed by atoms with Crippen LogP contribution in [-0.4, -0.2) is 39.2 Å². The largest absolute Gasteiger partial charge is 0.504 e. The monoisotopic (exact) mass is 678 g/mol. The summed E-state index contributed by atoms with van der Waals surface area (Å²) in [7, 11) is -9.64. The highest BCUT2D eigenvalue weighted by atomic mass is 32.3. The molecule has 0 saturated carbocycles. The van der Waals surface area contributed by atoms with Crippen molar-refractivity contribution in [2.24, 2.45) is 0 Å². The van der Waals surface area contributed by atoms with Gasteiger partial charge in [0.1, 0.15) is 11.5 Å². The number of nitrogens with zero attached hydrogens (tertiary/aromatic N) is 2. The Balaban J connectivity index is 1.60. The van der Waals surface area contributed by atoms with Crippen LogP contribution in [0.4, 0.5) is 0 Å². The molecule has 0 N–H and O–H groups in total. The summed E-state index contributed by atoms with van der Waals surface area (Å²) in [5.74, 6) is 1.00. The van der Waals surface area contributed by atoms with Crippen molar-refractivity contribution in [2.75, 3.05) is 13.2 Å². The first kappa shape index (κ1) is 36.1. The fraction of sp³-hybridized carbons (Fsp3) is 0.432. The molecule has 4 aromatic rings. The summed E-state index contributed by atoms with van der Waals surface area (Å²) in [5.41, 5.74) is 9.99. The molecule has 47 heavy (non-hydrogen) atoms. The van der Waals surface area contributed by atoms with Gasteiger partial charge < -0.3 is 15.0 Å². The molecular formula is C37H46N2O6S2. The molecule has 0 aliphatic carbocycles. The Bertz CT molecular complexity index is 1780. The van der Waals surface area contributed by atoms with Crippen LogP contribution in [0.25, 0.3) is 27.1 Å². The Hall–Kier alpha value is -3.72. The van der Waals surface area contributed by atoms with Gasteiger partial charge in [-0.05, 0) is 37.1 Å². The van der Waals surface area contributed by atoms with Crippen LogP contribution in [0.15, 0.2) is 82.6 Å². The van der Waals surface area contributed by atoms with Gasteiger partial charge >= 0.3 is 4.38 Å². The Morgan fingerprint density at radius 3 is 1.28 bits per heavy atom. The van der Waals surface area contributed by atoms with Crippen LogP contribution in [0.5, 0.6) is 11.5 Å². The van der Waals surface area contributed by atoms with Crippen molar-refractivity contribution in [1.82, 2.24) is 0 Å². The first-order valence-corrected chi connectivity index (χ1v) is 19.7. The van der Waals surface area contributed by atoms with Gasteiger partial charge in [-0.15, -0.1) is 4.79 Å². The Labute approximate surface area is 279 Å². The topological polar surface area (TPSA) is 123 Å². The molecule has 0 heterocycles. The SMILES string of the molecule is CCCCCCCCOc1ccc(S(=O)(=O)C(=[N+]=[N-])S(=O)(=O)c2ccc(OCCCCCCCC)c3ccccc23)c2ccccc12. The average Bonchev–Trinajstić information content (AvgIpc) is 3.07. The smallest absolute Gasteiger partial charge is 0.493 e. The molecule has 0 aromatic heterocycles. The molecule has 0 bridgehead atoms. The zero-order valence-corrected chi connectivity index (χ0v) is 29.1. The molecule has 10 heteroatoms. The van der Waals surface area contributed by atoms with Gasteiger partial charge in [-0.1, -0.05) is 127 Å². The number of unbranched alkanes of at least 4 members (excludes halogenated alkanes) is 10. The second kappa shape index (κ2) is 17.4. The zero-order chi connectivity index (χ0) is 33.7. The van der Waals surface area contributed by atoms with Crippen molar-refractivity contribution in [1.29, 1.82) is 0 Å². The minimum absolute atomic E-state index is 0.271. The molecule has 0 fully saturated rings. The summed E-state index contributed by atoms with van der Waals surface area (Å²) in [4.78, 5) is 2.32. The van der Waals surface area contributed by atoms with Gasteiger partial charge in [0.05, 0.1) is 23.0 Å². The van der Waals surface area contributed by atoms with E-state index >= 15 is 0 Å². The lowest BCUT2D eigenvalue weighted by molar-refractivity contribution is 0.00381. The van der Waals surface area contributed by atoms with Gasteiger partial charge in [0.2, 0.25) is 0 Å². The van der Waals surface area contributed by atoms with Crippen molar-refractivity contribution in [3.8, 4) is 11.5 Å². The molecule has 0 radical (unpaired) electrons. The van der Waals surface area contributed by atoms with Gasteiger partial charge in [-0.2, -0.15) is 0 Å². The van der Waals surface area contributed by atoms with E-state index in [2.05, 4.69) is 18.6 Å². The normalized spacial score (nSPS) is 11.9. The van der Waals surface area contributed by atoms with Crippen LogP contribution in [0, 0.1) is 0 Å². The fourth-order valence-electron chi connectivity index (χ4n) is 5.78. The second-order valence-electron chi connectivity index (χ2n) is 11.8. The van der Waals surface area contributed by atoms with E-state index in [0.29, 0.717) is 35.5 Å². The van der Waals surface area contributed by atoms with Crippen molar-refractivity contribution in [3.05, 3.63) is 78.3 Å². The summed E-state index contributed by atoms with van der Waals surface area (Å²) in [6.45, 7) is 5.31. The summed E-state index contributed by atoms with van der Waals surface area (Å²) in [6, 6.07) is 19.2. The summed E-state index contributed by atoms with van der Waals surface area (Å²) in [5, 5.41) is 1.58. The summed E-state index contributed by atoms with van der Waals surface area (Å²) >= 11 is 0. The maximum Gasteiger partial charge on any atom is 0.504 e. The number of benzene rings is 4. The second-order valence-corrected chi connectivity index (χ2v) is 15.7. The minimum Gasteiger partial charge on any atom is -0.493 e. The highest BCUT2D eigenvalue weighted by Gasteiger charge is 2.45.